The van der Waals surface area contributed by atoms with Crippen LogP contribution in [0.3, 0.4) is 0 Å². The molecule has 1 aliphatic heterocycles. The molecule has 1 aliphatic rings. The topological polar surface area (TPSA) is 58.1 Å². The van der Waals surface area contributed by atoms with Crippen molar-refractivity contribution in [2.45, 2.75) is 12.5 Å². The van der Waals surface area contributed by atoms with Crippen LogP contribution < -0.4 is 5.32 Å². The lowest BCUT2D eigenvalue weighted by molar-refractivity contribution is -0.127. The molecule has 20 heavy (non-hydrogen) atoms. The van der Waals surface area contributed by atoms with Gasteiger partial charge in [-0.3, -0.25) is 9.78 Å². The maximum absolute atomic E-state index is 13.2. The molecule has 1 saturated heterocycles. The summed E-state index contributed by atoms with van der Waals surface area (Å²) in [7, 11) is 1.73. The molecule has 1 aromatic carbocycles. The van der Waals surface area contributed by atoms with Gasteiger partial charge in [-0.1, -0.05) is 0 Å². The molecule has 3 rings (SSSR count). The Kier molecular flexibility index (Phi) is 2.96. The third-order valence-corrected chi connectivity index (χ3v) is 3.33. The maximum Gasteiger partial charge on any atom is 0.244 e. The zero-order chi connectivity index (χ0) is 14.3. The summed E-state index contributed by atoms with van der Waals surface area (Å²) in [5, 5.41) is 2.97. The third-order valence-electron chi connectivity index (χ3n) is 3.33. The van der Waals surface area contributed by atoms with E-state index in [-0.39, 0.29) is 23.0 Å². The fourth-order valence-electron chi connectivity index (χ4n) is 2.21. The van der Waals surface area contributed by atoms with Crippen LogP contribution >= 0.6 is 0 Å². The molecule has 2 heterocycles. The SMILES string of the molecule is CN1CCC(Nc2cnc3cc(F)c(F)cc3n2)C1=O. The molecule has 0 aliphatic carbocycles. The first kappa shape index (κ1) is 12.7. The Morgan fingerprint density at radius 2 is 2.00 bits per heavy atom. The van der Waals surface area contributed by atoms with Crippen LogP contribution in [0.5, 0.6) is 0 Å². The number of nitrogens with zero attached hydrogens (tertiary/aromatic N) is 3. The number of fused-ring (bicyclic) bond motifs is 1. The van der Waals surface area contributed by atoms with E-state index in [0.717, 1.165) is 12.1 Å². The van der Waals surface area contributed by atoms with Gasteiger partial charge in [0.05, 0.1) is 17.2 Å². The summed E-state index contributed by atoms with van der Waals surface area (Å²) < 4.78 is 26.2. The number of rotatable bonds is 2. The Morgan fingerprint density at radius 1 is 1.30 bits per heavy atom. The van der Waals surface area contributed by atoms with Crippen molar-refractivity contribution in [3.63, 3.8) is 0 Å². The fourth-order valence-corrected chi connectivity index (χ4v) is 2.21. The number of aromatic nitrogens is 2. The number of carbonyl (C=O) groups is 1. The van der Waals surface area contributed by atoms with Gasteiger partial charge in [-0.05, 0) is 6.42 Å². The van der Waals surface area contributed by atoms with Crippen LogP contribution in [0.25, 0.3) is 11.0 Å². The van der Waals surface area contributed by atoms with Gasteiger partial charge in [0, 0.05) is 25.7 Å². The Hall–Kier alpha value is -2.31. The highest BCUT2D eigenvalue weighted by Crippen LogP contribution is 2.19. The van der Waals surface area contributed by atoms with Crippen LogP contribution in [0.15, 0.2) is 18.3 Å². The lowest BCUT2D eigenvalue weighted by Gasteiger charge is -2.12. The van der Waals surface area contributed by atoms with E-state index >= 15 is 0 Å². The van der Waals surface area contributed by atoms with Gasteiger partial charge >= 0.3 is 0 Å². The first-order chi connectivity index (χ1) is 9.54. The van der Waals surface area contributed by atoms with E-state index in [2.05, 4.69) is 15.3 Å². The minimum absolute atomic E-state index is 0.0165. The molecule has 1 aromatic heterocycles. The molecular formula is C13H12F2N4O. The van der Waals surface area contributed by atoms with Gasteiger partial charge in [0.2, 0.25) is 5.91 Å². The lowest BCUT2D eigenvalue weighted by Crippen LogP contribution is -2.31. The minimum atomic E-state index is -0.972. The number of anilines is 1. The molecular weight excluding hydrogens is 266 g/mol. The quantitative estimate of drug-likeness (QED) is 0.905. The molecule has 1 amide bonds. The second-order valence-corrected chi connectivity index (χ2v) is 4.76. The van der Waals surface area contributed by atoms with Crippen LogP contribution in [0.4, 0.5) is 14.6 Å². The van der Waals surface area contributed by atoms with Crippen LogP contribution in [-0.2, 0) is 4.79 Å². The molecule has 0 spiro atoms. The predicted molar refractivity (Wildman–Crippen MR) is 69.1 cm³/mol. The van der Waals surface area contributed by atoms with E-state index in [4.69, 9.17) is 0 Å². The second kappa shape index (κ2) is 4.66. The number of halogens is 2. The Balaban J connectivity index is 1.89. The minimum Gasteiger partial charge on any atom is -0.357 e. The molecule has 0 saturated carbocycles. The molecule has 1 fully saturated rings. The molecule has 0 bridgehead atoms. The number of amides is 1. The fraction of sp³-hybridized carbons (Fsp3) is 0.308. The van der Waals surface area contributed by atoms with Crippen molar-refractivity contribution in [2.75, 3.05) is 18.9 Å². The second-order valence-electron chi connectivity index (χ2n) is 4.76. The van der Waals surface area contributed by atoms with E-state index in [0.29, 0.717) is 18.8 Å². The molecule has 1 atom stereocenters. The largest absolute Gasteiger partial charge is 0.357 e. The maximum atomic E-state index is 13.2. The lowest BCUT2D eigenvalue weighted by atomic mass is 10.2. The summed E-state index contributed by atoms with van der Waals surface area (Å²) in [6.07, 6.45) is 2.08. The van der Waals surface area contributed by atoms with Crippen LogP contribution in [-0.4, -0.2) is 40.4 Å². The van der Waals surface area contributed by atoms with E-state index in [9.17, 15) is 13.6 Å². The number of likely N-dealkylation sites (tertiary alicyclic amines) is 1. The highest BCUT2D eigenvalue weighted by molar-refractivity contribution is 5.86. The molecule has 5 nitrogen and oxygen atoms in total. The monoisotopic (exact) mass is 278 g/mol. The summed E-state index contributed by atoms with van der Waals surface area (Å²) in [6, 6.07) is 1.64. The Morgan fingerprint density at radius 3 is 2.65 bits per heavy atom. The van der Waals surface area contributed by atoms with Crippen molar-refractivity contribution in [2.24, 2.45) is 0 Å². The third kappa shape index (κ3) is 2.15. The van der Waals surface area contributed by atoms with Gasteiger partial charge in [-0.25, -0.2) is 13.8 Å². The normalized spacial score (nSPS) is 18.9. The zero-order valence-electron chi connectivity index (χ0n) is 10.7. The zero-order valence-corrected chi connectivity index (χ0v) is 10.7. The van der Waals surface area contributed by atoms with Crippen LogP contribution in [0.1, 0.15) is 6.42 Å². The van der Waals surface area contributed by atoms with E-state index in [1.54, 1.807) is 11.9 Å². The van der Waals surface area contributed by atoms with E-state index in [1.165, 1.54) is 6.20 Å². The molecule has 7 heteroatoms. The van der Waals surface area contributed by atoms with Crippen molar-refractivity contribution >= 4 is 22.8 Å². The number of nitrogens with one attached hydrogen (secondary N) is 1. The number of carbonyl (C=O) groups excluding carboxylic acids is 1. The first-order valence-electron chi connectivity index (χ1n) is 6.18. The molecule has 0 radical (unpaired) electrons. The summed E-state index contributed by atoms with van der Waals surface area (Å²) in [6.45, 7) is 0.678. The van der Waals surface area contributed by atoms with Crippen molar-refractivity contribution in [3.8, 4) is 0 Å². The molecule has 2 aromatic rings. The average Bonchev–Trinajstić information content (AvgIpc) is 2.72. The van der Waals surface area contributed by atoms with Gasteiger partial charge in [0.1, 0.15) is 11.9 Å². The Bertz CT molecular complexity index is 691. The summed E-state index contributed by atoms with van der Waals surface area (Å²) >= 11 is 0. The molecule has 104 valence electrons. The molecule has 1 unspecified atom stereocenters. The first-order valence-corrected chi connectivity index (χ1v) is 6.18. The molecule has 1 N–H and O–H groups in total. The van der Waals surface area contributed by atoms with Gasteiger partial charge in [-0.15, -0.1) is 0 Å². The van der Waals surface area contributed by atoms with Crippen molar-refractivity contribution < 1.29 is 13.6 Å². The van der Waals surface area contributed by atoms with Crippen LogP contribution in [0, 0.1) is 11.6 Å². The number of benzene rings is 1. The predicted octanol–water partition coefficient (Wildman–Crippen LogP) is 1.55. The number of hydrogen-bond donors (Lipinski definition) is 1. The Labute approximate surface area is 113 Å². The van der Waals surface area contributed by atoms with Gasteiger partial charge in [-0.2, -0.15) is 0 Å². The summed E-state index contributed by atoms with van der Waals surface area (Å²) in [5.74, 6) is -1.57. The smallest absolute Gasteiger partial charge is 0.244 e. The highest BCUT2D eigenvalue weighted by Gasteiger charge is 2.29. The van der Waals surface area contributed by atoms with Crippen molar-refractivity contribution in [1.82, 2.24) is 14.9 Å². The van der Waals surface area contributed by atoms with Gasteiger partial charge in [0.15, 0.2) is 11.6 Å². The van der Waals surface area contributed by atoms with Crippen molar-refractivity contribution in [3.05, 3.63) is 30.0 Å². The van der Waals surface area contributed by atoms with E-state index < -0.39 is 11.6 Å². The van der Waals surface area contributed by atoms with Crippen molar-refractivity contribution in [1.29, 1.82) is 0 Å². The average molecular weight is 278 g/mol. The van der Waals surface area contributed by atoms with Gasteiger partial charge < -0.3 is 10.2 Å². The number of hydrogen-bond acceptors (Lipinski definition) is 4. The summed E-state index contributed by atoms with van der Waals surface area (Å²) in [4.78, 5) is 21.6. The van der Waals surface area contributed by atoms with Gasteiger partial charge in [0.25, 0.3) is 0 Å². The standard InChI is InChI=1S/C13H12F2N4O/c1-19-3-2-9(13(19)20)17-12-6-16-10-4-7(14)8(15)5-11(10)18-12/h4-6,9H,2-3H2,1H3,(H,17,18). The highest BCUT2D eigenvalue weighted by atomic mass is 19.2. The summed E-state index contributed by atoms with van der Waals surface area (Å²) in [5.41, 5.74) is 0.511. The number of likely N-dealkylation sites (N-methyl/N-ethyl adjacent to an activating group) is 1. The van der Waals surface area contributed by atoms with E-state index in [1.807, 2.05) is 0 Å². The van der Waals surface area contributed by atoms with Crippen LogP contribution in [0.2, 0.25) is 0 Å².